The molecule has 0 atom stereocenters. The van der Waals surface area contributed by atoms with Gasteiger partial charge in [0.05, 0.1) is 11.5 Å². The highest BCUT2D eigenvalue weighted by molar-refractivity contribution is 5.71. The molecule has 1 N–H and O–H groups in total. The second-order valence-electron chi connectivity index (χ2n) is 9.74. The van der Waals surface area contributed by atoms with Crippen molar-refractivity contribution in [3.05, 3.63) is 103 Å². The van der Waals surface area contributed by atoms with Crippen LogP contribution in [0, 0.1) is 10.1 Å². The molecule has 0 aliphatic carbocycles. The number of aromatic nitrogens is 4. The van der Waals surface area contributed by atoms with Gasteiger partial charge < -0.3 is 9.67 Å². The lowest BCUT2D eigenvalue weighted by Gasteiger charge is -2.20. The summed E-state index contributed by atoms with van der Waals surface area (Å²) in [6.45, 7) is 6.79. The van der Waals surface area contributed by atoms with Gasteiger partial charge in [-0.05, 0) is 30.5 Å². The highest BCUT2D eigenvalue weighted by Crippen LogP contribution is 2.18. The smallest absolute Gasteiger partial charge is 0.332 e. The number of aliphatic hydroxyl groups excluding tert-OH is 1. The van der Waals surface area contributed by atoms with E-state index in [9.17, 15) is 24.8 Å². The van der Waals surface area contributed by atoms with Crippen molar-refractivity contribution in [3.8, 4) is 0 Å². The Morgan fingerprint density at radius 2 is 1.68 bits per heavy atom. The van der Waals surface area contributed by atoms with E-state index in [1.54, 1.807) is 12.1 Å². The van der Waals surface area contributed by atoms with Gasteiger partial charge >= 0.3 is 5.69 Å². The molecule has 0 saturated carbocycles. The number of fused-ring (bicyclic) bond motifs is 1. The van der Waals surface area contributed by atoms with E-state index < -0.39 is 10.6 Å². The number of hydrogen-bond donors (Lipinski definition) is 1. The van der Waals surface area contributed by atoms with E-state index in [0.29, 0.717) is 61.4 Å². The normalized spacial score (nSPS) is 11.5. The van der Waals surface area contributed by atoms with Crippen molar-refractivity contribution in [3.63, 3.8) is 0 Å². The summed E-state index contributed by atoms with van der Waals surface area (Å²) in [5.74, 6) is 0.677. The molecular weight excluding hydrogens is 512 g/mol. The largest absolute Gasteiger partial charge is 0.395 e. The monoisotopic (exact) mass is 548 g/mol. The van der Waals surface area contributed by atoms with Crippen LogP contribution in [-0.2, 0) is 32.5 Å². The quantitative estimate of drug-likeness (QED) is 0.190. The fourth-order valence-corrected chi connectivity index (χ4v) is 4.99. The van der Waals surface area contributed by atoms with Crippen LogP contribution in [0.15, 0.2) is 64.2 Å². The van der Waals surface area contributed by atoms with Gasteiger partial charge in [-0.15, -0.1) is 0 Å². The minimum atomic E-state index is -0.441. The molecule has 0 aliphatic rings. The van der Waals surface area contributed by atoms with Crippen molar-refractivity contribution in [2.75, 3.05) is 26.2 Å². The molecule has 0 fully saturated rings. The van der Waals surface area contributed by atoms with Crippen molar-refractivity contribution < 1.29 is 10.0 Å². The molecule has 212 valence electrons. The van der Waals surface area contributed by atoms with Crippen LogP contribution in [-0.4, -0.2) is 59.9 Å². The Bertz CT molecular complexity index is 1570. The lowest BCUT2D eigenvalue weighted by Crippen LogP contribution is -2.41. The number of benzene rings is 2. The van der Waals surface area contributed by atoms with Crippen LogP contribution >= 0.6 is 0 Å². The predicted molar refractivity (Wildman–Crippen MR) is 154 cm³/mol. The Hall–Kier alpha value is -4.09. The van der Waals surface area contributed by atoms with E-state index >= 15 is 0 Å². The van der Waals surface area contributed by atoms with E-state index in [1.807, 2.05) is 48.7 Å². The molecule has 4 aromatic rings. The van der Waals surface area contributed by atoms with Crippen LogP contribution in [0.3, 0.4) is 0 Å². The number of aryl methyl sites for hydroxylation is 2. The maximum atomic E-state index is 13.8. The summed E-state index contributed by atoms with van der Waals surface area (Å²) >= 11 is 0. The van der Waals surface area contributed by atoms with Gasteiger partial charge in [0, 0.05) is 51.3 Å². The molecule has 0 saturated heterocycles. The topological polar surface area (TPSA) is 128 Å². The number of nitro benzene ring substituents is 1. The van der Waals surface area contributed by atoms with Crippen molar-refractivity contribution in [2.24, 2.45) is 0 Å². The molecule has 4 rings (SSSR count). The maximum Gasteiger partial charge on any atom is 0.332 e. The average Bonchev–Trinajstić information content (AvgIpc) is 3.31. The molecule has 11 nitrogen and oxygen atoms in total. The summed E-state index contributed by atoms with van der Waals surface area (Å²) in [4.78, 5) is 45.2. The first-order valence-corrected chi connectivity index (χ1v) is 13.7. The highest BCUT2D eigenvalue weighted by atomic mass is 16.6. The van der Waals surface area contributed by atoms with Gasteiger partial charge in [-0.2, -0.15) is 0 Å². The molecule has 40 heavy (non-hydrogen) atoms. The van der Waals surface area contributed by atoms with Gasteiger partial charge in [-0.25, -0.2) is 9.78 Å². The van der Waals surface area contributed by atoms with Gasteiger partial charge in [0.2, 0.25) is 0 Å². The van der Waals surface area contributed by atoms with Gasteiger partial charge in [-0.3, -0.25) is 28.9 Å². The van der Waals surface area contributed by atoms with Gasteiger partial charge in [-0.1, -0.05) is 56.3 Å². The number of rotatable bonds is 14. The van der Waals surface area contributed by atoms with Crippen LogP contribution < -0.4 is 11.2 Å². The number of imidazole rings is 1. The lowest BCUT2D eigenvalue weighted by molar-refractivity contribution is -0.384. The summed E-state index contributed by atoms with van der Waals surface area (Å²) in [7, 11) is 0. The molecule has 11 heteroatoms. The van der Waals surface area contributed by atoms with Crippen molar-refractivity contribution >= 4 is 16.9 Å². The third-order valence-electron chi connectivity index (χ3n) is 7.09. The molecule has 0 radical (unpaired) electrons. The van der Waals surface area contributed by atoms with Crippen molar-refractivity contribution in [1.29, 1.82) is 0 Å². The van der Waals surface area contributed by atoms with Gasteiger partial charge in [0.1, 0.15) is 5.82 Å². The zero-order valence-electron chi connectivity index (χ0n) is 23.0. The van der Waals surface area contributed by atoms with E-state index in [4.69, 9.17) is 4.98 Å². The summed E-state index contributed by atoms with van der Waals surface area (Å²) in [6.07, 6.45) is 1.45. The SMILES string of the molecule is CCCn1c(=O)c2c(nc(Cc3ccccc3)n2CCN(CC)CCO)n(CCc2cccc([N+](=O)[O-])c2)c1=O. The van der Waals surface area contributed by atoms with E-state index in [0.717, 1.165) is 12.1 Å². The van der Waals surface area contributed by atoms with E-state index in [-0.39, 0.29) is 30.9 Å². The van der Waals surface area contributed by atoms with Crippen LogP contribution in [0.25, 0.3) is 11.2 Å². The average molecular weight is 549 g/mol. The number of nitro groups is 1. The number of nitrogens with zero attached hydrogens (tertiary/aromatic N) is 6. The van der Waals surface area contributed by atoms with Gasteiger partial charge in [0.15, 0.2) is 11.2 Å². The third-order valence-corrected chi connectivity index (χ3v) is 7.09. The summed E-state index contributed by atoms with van der Waals surface area (Å²) in [5.41, 5.74) is 1.63. The first kappa shape index (κ1) is 28.9. The Morgan fingerprint density at radius 3 is 2.35 bits per heavy atom. The van der Waals surface area contributed by atoms with E-state index in [2.05, 4.69) is 4.90 Å². The molecule has 0 aliphatic heterocycles. The van der Waals surface area contributed by atoms with Crippen LogP contribution in [0.1, 0.15) is 37.2 Å². The predicted octanol–water partition coefficient (Wildman–Crippen LogP) is 2.83. The number of non-ortho nitro benzene ring substituents is 1. The van der Waals surface area contributed by atoms with Crippen LogP contribution in [0.4, 0.5) is 5.69 Å². The molecular formula is C29H36N6O5. The molecule has 0 unspecified atom stereocenters. The molecule has 0 bridgehead atoms. The Kier molecular flexibility index (Phi) is 9.62. The second kappa shape index (κ2) is 13.3. The summed E-state index contributed by atoms with van der Waals surface area (Å²) < 4.78 is 4.72. The number of likely N-dealkylation sites (N-methyl/N-ethyl adjacent to an activating group) is 1. The fraction of sp³-hybridized carbons (Fsp3) is 0.414. The van der Waals surface area contributed by atoms with Crippen molar-refractivity contribution in [1.82, 2.24) is 23.6 Å². The molecule has 0 amide bonds. The standard InChI is InChI=1S/C29H36N6O5/c1-3-14-34-28(37)26-27(33(29(34)38)15-13-23-11-8-12-24(20-23)35(39)40)30-25(21-22-9-6-5-7-10-22)32(26)17-16-31(4-2)18-19-36/h5-12,20,36H,3-4,13-19,21H2,1-2H3. The Labute approximate surface area is 232 Å². The lowest BCUT2D eigenvalue weighted by atomic mass is 10.1. The molecule has 2 aromatic carbocycles. The second-order valence-corrected chi connectivity index (χ2v) is 9.74. The fourth-order valence-electron chi connectivity index (χ4n) is 4.99. The summed E-state index contributed by atoms with van der Waals surface area (Å²) in [6, 6.07) is 16.2. The van der Waals surface area contributed by atoms with Gasteiger partial charge in [0.25, 0.3) is 11.2 Å². The number of hydrogen-bond acceptors (Lipinski definition) is 7. The molecule has 2 heterocycles. The molecule has 0 spiro atoms. The highest BCUT2D eigenvalue weighted by Gasteiger charge is 2.22. The third kappa shape index (κ3) is 6.37. The zero-order chi connectivity index (χ0) is 28.6. The summed E-state index contributed by atoms with van der Waals surface area (Å²) in [5, 5.41) is 20.7. The first-order valence-electron chi connectivity index (χ1n) is 13.7. The Balaban J connectivity index is 1.85. The number of aliphatic hydroxyl groups is 1. The maximum absolute atomic E-state index is 13.8. The van der Waals surface area contributed by atoms with E-state index in [1.165, 1.54) is 21.3 Å². The Morgan fingerprint density at radius 1 is 0.925 bits per heavy atom. The first-order chi connectivity index (χ1) is 19.4. The van der Waals surface area contributed by atoms with Crippen LogP contribution in [0.5, 0.6) is 0 Å². The van der Waals surface area contributed by atoms with Crippen LogP contribution in [0.2, 0.25) is 0 Å². The van der Waals surface area contributed by atoms with Crippen molar-refractivity contribution in [2.45, 2.75) is 52.7 Å². The minimum Gasteiger partial charge on any atom is -0.395 e. The minimum absolute atomic E-state index is 0.0104. The zero-order valence-corrected chi connectivity index (χ0v) is 23.0. The molecule has 2 aromatic heterocycles.